The first kappa shape index (κ1) is 26.0. The Balaban J connectivity index is 1.37. The summed E-state index contributed by atoms with van der Waals surface area (Å²) in [5.41, 5.74) is 9.37. The molecule has 10 nitrogen and oxygen atoms in total. The number of hydrogen-bond acceptors (Lipinski definition) is 9. The molecule has 0 spiro atoms. The van der Waals surface area contributed by atoms with E-state index in [4.69, 9.17) is 16.1 Å². The highest BCUT2D eigenvalue weighted by molar-refractivity contribution is 5.93. The molecule has 39 heavy (non-hydrogen) atoms. The Morgan fingerprint density at radius 1 is 1.08 bits per heavy atom. The number of carbonyl (C=O) groups is 1. The highest BCUT2D eigenvalue weighted by Crippen LogP contribution is 2.30. The zero-order valence-corrected chi connectivity index (χ0v) is 21.1. The minimum atomic E-state index is -0.715. The maximum absolute atomic E-state index is 14.6. The van der Waals surface area contributed by atoms with Crippen molar-refractivity contribution in [2.24, 2.45) is 17.5 Å². The predicted octanol–water partition coefficient (Wildman–Crippen LogP) is 3.73. The third kappa shape index (κ3) is 5.79. The topological polar surface area (TPSA) is 148 Å². The first-order valence-electron chi connectivity index (χ1n) is 12.5. The highest BCUT2D eigenvalue weighted by Gasteiger charge is 2.25. The molecule has 2 aromatic heterocycles. The molecule has 0 amide bonds. The maximum atomic E-state index is 14.6. The van der Waals surface area contributed by atoms with Crippen molar-refractivity contribution in [3.63, 3.8) is 0 Å². The fourth-order valence-corrected chi connectivity index (χ4v) is 4.61. The monoisotopic (exact) mass is 529 g/mol. The molecule has 0 saturated carbocycles. The van der Waals surface area contributed by atoms with E-state index >= 15 is 0 Å². The van der Waals surface area contributed by atoms with Crippen molar-refractivity contribution in [2.45, 2.75) is 19.4 Å². The summed E-state index contributed by atoms with van der Waals surface area (Å²) in [4.78, 5) is 21.9. The molecule has 1 aliphatic rings. The van der Waals surface area contributed by atoms with Crippen molar-refractivity contribution >= 4 is 23.1 Å². The first-order valence-corrected chi connectivity index (χ1v) is 12.5. The number of carboxylic acids is 1. The molecule has 1 saturated heterocycles. The third-order valence-corrected chi connectivity index (χ3v) is 6.77. The van der Waals surface area contributed by atoms with Gasteiger partial charge in [-0.1, -0.05) is 41.6 Å². The van der Waals surface area contributed by atoms with E-state index < -0.39 is 11.8 Å². The number of anilines is 1. The van der Waals surface area contributed by atoms with Crippen LogP contribution >= 0.6 is 0 Å². The normalized spacial score (nSPS) is 15.1. The average molecular weight is 530 g/mol. The van der Waals surface area contributed by atoms with Crippen LogP contribution in [0, 0.1) is 11.7 Å². The van der Waals surface area contributed by atoms with E-state index in [-0.39, 0.29) is 28.9 Å². The van der Waals surface area contributed by atoms with Gasteiger partial charge >= 0.3 is 5.97 Å². The van der Waals surface area contributed by atoms with E-state index in [1.54, 1.807) is 42.7 Å². The minimum Gasteiger partial charge on any atom is -0.481 e. The molecule has 11 heteroatoms. The van der Waals surface area contributed by atoms with Gasteiger partial charge in [0.25, 0.3) is 5.89 Å². The fraction of sp³-hybridized carbons (Fsp3) is 0.214. The van der Waals surface area contributed by atoms with Gasteiger partial charge in [0, 0.05) is 30.1 Å². The number of aromatic nitrogens is 3. The summed E-state index contributed by atoms with van der Waals surface area (Å²) < 4.78 is 20.1. The van der Waals surface area contributed by atoms with Gasteiger partial charge in [0.15, 0.2) is 0 Å². The van der Waals surface area contributed by atoms with Gasteiger partial charge in [0.05, 0.1) is 17.3 Å². The Morgan fingerprint density at radius 2 is 1.77 bits per heavy atom. The second-order valence-electron chi connectivity index (χ2n) is 9.33. The van der Waals surface area contributed by atoms with Crippen molar-refractivity contribution in [1.29, 1.82) is 0 Å². The van der Waals surface area contributed by atoms with Crippen LogP contribution in [0.4, 0.5) is 10.1 Å². The number of para-hydroxylation sites is 1. The fourth-order valence-electron chi connectivity index (χ4n) is 4.61. The maximum Gasteiger partial charge on any atom is 0.306 e. The number of aliphatic carboxylic acids is 1. The number of nitrogens with zero attached hydrogens (tertiary/aromatic N) is 5. The second-order valence-corrected chi connectivity index (χ2v) is 9.33. The minimum absolute atomic E-state index is 0.0361. The van der Waals surface area contributed by atoms with E-state index in [2.05, 4.69) is 20.0 Å². The van der Waals surface area contributed by atoms with E-state index in [0.29, 0.717) is 24.2 Å². The molecule has 0 bridgehead atoms. The largest absolute Gasteiger partial charge is 0.481 e. The quantitative estimate of drug-likeness (QED) is 0.228. The number of carboxylic acid groups (broad SMARTS) is 1. The lowest BCUT2D eigenvalue weighted by Crippen LogP contribution is -2.35. The Bertz CT molecular complexity index is 1470. The van der Waals surface area contributed by atoms with Crippen LogP contribution in [0.15, 0.2) is 77.6 Å². The Labute approximate surface area is 224 Å². The molecule has 200 valence electrons. The summed E-state index contributed by atoms with van der Waals surface area (Å²) in [7, 11) is 0. The molecule has 1 aliphatic heterocycles. The highest BCUT2D eigenvalue weighted by atomic mass is 19.1. The standard InChI is InChI=1S/C28H28FN7O3/c29-22-3-1-2-4-23(22)36(31)25(19-9-13-32-14-10-19)24(30)27-33-26(34-39-27)20-7-5-18(6-8-20)17-35-15-11-21(12-16-35)28(37)38/h1-10,13-14,21H,11-12,15-17,30-31H2,(H,37,38)/b25-24-. The molecular formula is C28H28FN7O3. The van der Waals surface area contributed by atoms with Gasteiger partial charge in [-0.2, -0.15) is 4.98 Å². The number of rotatable bonds is 8. The zero-order valence-electron chi connectivity index (χ0n) is 21.1. The number of pyridine rings is 1. The Hall–Kier alpha value is -4.61. The summed E-state index contributed by atoms with van der Waals surface area (Å²) >= 11 is 0. The van der Waals surface area contributed by atoms with Gasteiger partial charge in [-0.05, 0) is 55.8 Å². The first-order chi connectivity index (χ1) is 18.9. The van der Waals surface area contributed by atoms with Crippen LogP contribution in [0.3, 0.4) is 0 Å². The lowest BCUT2D eigenvalue weighted by Gasteiger charge is -2.30. The number of benzene rings is 2. The van der Waals surface area contributed by atoms with Crippen molar-refractivity contribution in [1.82, 2.24) is 20.0 Å². The van der Waals surface area contributed by atoms with E-state index in [1.165, 1.54) is 6.07 Å². The van der Waals surface area contributed by atoms with Crippen LogP contribution in [-0.4, -0.2) is 44.2 Å². The Morgan fingerprint density at radius 3 is 2.44 bits per heavy atom. The molecule has 5 rings (SSSR count). The molecule has 1 fully saturated rings. The summed E-state index contributed by atoms with van der Waals surface area (Å²) in [6, 6.07) is 17.2. The van der Waals surface area contributed by atoms with Crippen LogP contribution in [0.2, 0.25) is 0 Å². The number of hydrogen-bond donors (Lipinski definition) is 3. The van der Waals surface area contributed by atoms with E-state index in [0.717, 1.165) is 35.8 Å². The molecule has 5 N–H and O–H groups in total. The molecule has 4 aromatic rings. The zero-order chi connectivity index (χ0) is 27.4. The van der Waals surface area contributed by atoms with Crippen molar-refractivity contribution in [3.8, 4) is 11.4 Å². The lowest BCUT2D eigenvalue weighted by atomic mass is 9.97. The van der Waals surface area contributed by atoms with Gasteiger partial charge in [0.2, 0.25) is 5.82 Å². The van der Waals surface area contributed by atoms with Crippen molar-refractivity contribution in [2.75, 3.05) is 18.1 Å². The van der Waals surface area contributed by atoms with Gasteiger partial charge in [-0.25, -0.2) is 10.2 Å². The van der Waals surface area contributed by atoms with Crippen molar-refractivity contribution in [3.05, 3.63) is 95.9 Å². The molecule has 0 radical (unpaired) electrons. The molecule has 0 atom stereocenters. The Kier molecular flexibility index (Phi) is 7.62. The van der Waals surface area contributed by atoms with Crippen LogP contribution in [-0.2, 0) is 11.3 Å². The number of hydrazine groups is 1. The third-order valence-electron chi connectivity index (χ3n) is 6.77. The molecule has 2 aromatic carbocycles. The van der Waals surface area contributed by atoms with Crippen LogP contribution in [0.1, 0.15) is 29.9 Å². The summed E-state index contributed by atoms with van der Waals surface area (Å²) in [5, 5.41) is 14.4. The molecule has 3 heterocycles. The average Bonchev–Trinajstić information content (AvgIpc) is 3.45. The summed E-state index contributed by atoms with van der Waals surface area (Å²) in [6.07, 6.45) is 4.47. The SMILES string of the molecule is N/C(=C(/c1ccncc1)N(N)c1ccccc1F)c1nc(-c2ccc(CN3CCC(C(=O)O)CC3)cc2)no1. The number of likely N-dealkylation sites (tertiary alicyclic amines) is 1. The number of nitrogens with two attached hydrogens (primary N) is 2. The second kappa shape index (κ2) is 11.4. The smallest absolute Gasteiger partial charge is 0.306 e. The van der Waals surface area contributed by atoms with Gasteiger partial charge in [-0.15, -0.1) is 0 Å². The number of halogens is 1. The lowest BCUT2D eigenvalue weighted by molar-refractivity contribution is -0.143. The van der Waals surface area contributed by atoms with Crippen LogP contribution < -0.4 is 16.6 Å². The van der Waals surface area contributed by atoms with E-state index in [9.17, 15) is 14.3 Å². The molecular weight excluding hydrogens is 501 g/mol. The van der Waals surface area contributed by atoms with Crippen LogP contribution in [0.25, 0.3) is 22.8 Å². The van der Waals surface area contributed by atoms with Crippen LogP contribution in [0.5, 0.6) is 0 Å². The van der Waals surface area contributed by atoms with Gasteiger partial charge in [-0.3, -0.25) is 19.7 Å². The molecule has 0 aliphatic carbocycles. The van der Waals surface area contributed by atoms with Crippen molar-refractivity contribution < 1.29 is 18.8 Å². The predicted molar refractivity (Wildman–Crippen MR) is 144 cm³/mol. The summed E-state index contributed by atoms with van der Waals surface area (Å²) in [5.74, 6) is 5.24. The van der Waals surface area contributed by atoms with Gasteiger partial charge < -0.3 is 15.4 Å². The van der Waals surface area contributed by atoms with E-state index in [1.807, 2.05) is 24.3 Å². The van der Waals surface area contributed by atoms with Gasteiger partial charge in [0.1, 0.15) is 11.5 Å². The molecule has 0 unspecified atom stereocenters. The summed E-state index contributed by atoms with van der Waals surface area (Å²) in [6.45, 7) is 2.24. The number of piperidine rings is 1.